The van der Waals surface area contributed by atoms with Gasteiger partial charge in [0.2, 0.25) is 5.91 Å². The number of likely N-dealkylation sites (tertiary alicyclic amines) is 1. The Morgan fingerprint density at radius 1 is 1.22 bits per heavy atom. The van der Waals surface area contributed by atoms with E-state index < -0.39 is 11.0 Å². The summed E-state index contributed by atoms with van der Waals surface area (Å²) in [4.78, 5) is 24.6. The highest BCUT2D eigenvalue weighted by molar-refractivity contribution is 6.42. The number of halogens is 2. The van der Waals surface area contributed by atoms with Crippen LogP contribution in [0, 0.1) is 0 Å². The molecule has 2 N–H and O–H groups in total. The lowest BCUT2D eigenvalue weighted by molar-refractivity contribution is -0.918. The molecule has 1 aliphatic carbocycles. The number of quaternary nitrogens is 1. The van der Waals surface area contributed by atoms with Crippen molar-refractivity contribution in [2.75, 3.05) is 26.7 Å². The van der Waals surface area contributed by atoms with Crippen molar-refractivity contribution in [2.45, 2.75) is 56.1 Å². The molecule has 1 saturated carbocycles. The number of carbonyl (C=O) groups excluding carboxylic acids is 2. The molecular formula is C29H35Cl2N2O4+. The van der Waals surface area contributed by atoms with E-state index in [-0.39, 0.29) is 24.3 Å². The summed E-state index contributed by atoms with van der Waals surface area (Å²) in [7, 11) is 2.16. The molecule has 1 aliphatic heterocycles. The second kappa shape index (κ2) is 10.8. The summed E-state index contributed by atoms with van der Waals surface area (Å²) in [6.45, 7) is 7.51. The molecular weight excluding hydrogens is 511 g/mol. The molecule has 6 nitrogen and oxygen atoms in total. The van der Waals surface area contributed by atoms with Gasteiger partial charge in [0, 0.05) is 24.8 Å². The highest BCUT2D eigenvalue weighted by Crippen LogP contribution is 2.53. The van der Waals surface area contributed by atoms with E-state index in [2.05, 4.69) is 18.9 Å². The normalized spacial score (nSPS) is 29.2. The summed E-state index contributed by atoms with van der Waals surface area (Å²) in [6.07, 6.45) is 4.65. The number of carbonyl (C=O) groups is 2. The first-order chi connectivity index (χ1) is 17.5. The fraction of sp³-hybridized carbons (Fsp3) is 0.448. The molecule has 0 radical (unpaired) electrons. The van der Waals surface area contributed by atoms with Crippen LogP contribution in [-0.4, -0.2) is 59.8 Å². The van der Waals surface area contributed by atoms with Crippen molar-refractivity contribution >= 4 is 35.1 Å². The molecule has 1 amide bonds. The molecule has 0 bridgehead atoms. The van der Waals surface area contributed by atoms with Crippen LogP contribution in [-0.2, 0) is 21.4 Å². The summed E-state index contributed by atoms with van der Waals surface area (Å²) in [5.41, 5.74) is 0.144. The molecule has 2 aromatic rings. The number of amides is 1. The zero-order valence-corrected chi connectivity index (χ0v) is 22.9. The zero-order chi connectivity index (χ0) is 26.8. The second-order valence-electron chi connectivity index (χ2n) is 10.9. The number of esters is 1. The Balaban J connectivity index is 1.61. The SMILES string of the molecule is C=CC[N@@+]1(C)CC[C@@]2(c3cccc(OC(C)=O)c3)C[C@H](NC(=O)Cc3ccc(Cl)c(Cl)c3)CCC2(O)C1. The number of nitrogens with zero attached hydrogens (tertiary/aromatic N) is 1. The van der Waals surface area contributed by atoms with Gasteiger partial charge in [-0.05, 0) is 60.7 Å². The summed E-state index contributed by atoms with van der Waals surface area (Å²) >= 11 is 12.1. The number of fused-ring (bicyclic) bond motifs is 1. The number of rotatable bonds is 7. The maximum atomic E-state index is 13.0. The summed E-state index contributed by atoms with van der Waals surface area (Å²) in [5, 5.41) is 16.4. The lowest BCUT2D eigenvalue weighted by Gasteiger charge is -2.59. The quantitative estimate of drug-likeness (QED) is 0.226. The van der Waals surface area contributed by atoms with Crippen LogP contribution in [0.1, 0.15) is 43.7 Å². The monoisotopic (exact) mass is 545 g/mol. The van der Waals surface area contributed by atoms with Gasteiger partial charge in [-0.3, -0.25) is 9.59 Å². The molecule has 1 unspecified atom stereocenters. The average molecular weight is 547 g/mol. The molecule has 0 spiro atoms. The maximum Gasteiger partial charge on any atom is 0.308 e. The third kappa shape index (κ3) is 5.88. The van der Waals surface area contributed by atoms with E-state index in [4.69, 9.17) is 27.9 Å². The van der Waals surface area contributed by atoms with Gasteiger partial charge in [0.1, 0.15) is 17.9 Å². The fourth-order valence-corrected chi connectivity index (χ4v) is 6.68. The molecule has 37 heavy (non-hydrogen) atoms. The number of piperidine rings is 1. The van der Waals surface area contributed by atoms with Gasteiger partial charge in [-0.25, -0.2) is 0 Å². The van der Waals surface area contributed by atoms with Crippen LogP contribution >= 0.6 is 23.2 Å². The van der Waals surface area contributed by atoms with Crippen LogP contribution in [0.4, 0.5) is 0 Å². The summed E-state index contributed by atoms with van der Waals surface area (Å²) in [5.74, 6) is -0.0259. The number of benzene rings is 2. The predicted molar refractivity (Wildman–Crippen MR) is 146 cm³/mol. The molecule has 1 heterocycles. The Morgan fingerprint density at radius 3 is 2.70 bits per heavy atom. The zero-order valence-electron chi connectivity index (χ0n) is 21.4. The van der Waals surface area contributed by atoms with Gasteiger partial charge in [0.05, 0.1) is 36.6 Å². The van der Waals surface area contributed by atoms with Crippen LogP contribution in [0.2, 0.25) is 10.0 Å². The predicted octanol–water partition coefficient (Wildman–Crippen LogP) is 4.84. The number of nitrogens with one attached hydrogen (secondary N) is 1. The lowest BCUT2D eigenvalue weighted by atomic mass is 9.55. The third-order valence-electron chi connectivity index (χ3n) is 8.05. The molecule has 8 heteroatoms. The number of likely N-dealkylation sites (N-methyl/N-ethyl adjacent to an activating group) is 1. The van der Waals surface area contributed by atoms with E-state index in [0.29, 0.717) is 46.1 Å². The molecule has 4 rings (SSSR count). The molecule has 2 aliphatic rings. The second-order valence-corrected chi connectivity index (χ2v) is 11.7. The van der Waals surface area contributed by atoms with Crippen LogP contribution in [0.5, 0.6) is 5.75 Å². The largest absolute Gasteiger partial charge is 0.427 e. The van der Waals surface area contributed by atoms with Crippen molar-refractivity contribution in [1.29, 1.82) is 0 Å². The first-order valence-electron chi connectivity index (χ1n) is 12.7. The number of hydrogen-bond acceptors (Lipinski definition) is 4. The van der Waals surface area contributed by atoms with Crippen LogP contribution in [0.25, 0.3) is 0 Å². The molecule has 2 fully saturated rings. The van der Waals surface area contributed by atoms with Gasteiger partial charge in [0.15, 0.2) is 0 Å². The minimum Gasteiger partial charge on any atom is -0.427 e. The van der Waals surface area contributed by atoms with Crippen molar-refractivity contribution in [3.05, 3.63) is 76.3 Å². The highest BCUT2D eigenvalue weighted by Gasteiger charge is 2.61. The Labute approximate surface area is 228 Å². The minimum absolute atomic E-state index is 0.0965. The van der Waals surface area contributed by atoms with E-state index in [1.54, 1.807) is 24.3 Å². The molecule has 198 valence electrons. The lowest BCUT2D eigenvalue weighted by Crippen LogP contribution is -2.71. The van der Waals surface area contributed by atoms with Crippen molar-refractivity contribution in [3.8, 4) is 5.75 Å². The average Bonchev–Trinajstić information content (AvgIpc) is 2.81. The molecule has 2 aromatic carbocycles. The first-order valence-corrected chi connectivity index (χ1v) is 13.4. The van der Waals surface area contributed by atoms with Gasteiger partial charge in [0.25, 0.3) is 0 Å². The molecule has 4 atom stereocenters. The third-order valence-corrected chi connectivity index (χ3v) is 8.78. The van der Waals surface area contributed by atoms with Gasteiger partial charge < -0.3 is 19.6 Å². The number of hydrogen-bond donors (Lipinski definition) is 2. The van der Waals surface area contributed by atoms with Crippen molar-refractivity contribution in [2.24, 2.45) is 0 Å². The maximum absolute atomic E-state index is 13.0. The van der Waals surface area contributed by atoms with Crippen LogP contribution in [0.3, 0.4) is 0 Å². The number of aliphatic hydroxyl groups is 1. The Kier molecular flexibility index (Phi) is 8.05. The smallest absolute Gasteiger partial charge is 0.308 e. The highest BCUT2D eigenvalue weighted by atomic mass is 35.5. The van der Waals surface area contributed by atoms with Crippen LogP contribution in [0.15, 0.2) is 55.1 Å². The van der Waals surface area contributed by atoms with E-state index in [1.807, 2.05) is 24.3 Å². The van der Waals surface area contributed by atoms with Crippen LogP contribution < -0.4 is 10.1 Å². The van der Waals surface area contributed by atoms with Gasteiger partial charge in [-0.1, -0.05) is 48.0 Å². The van der Waals surface area contributed by atoms with Crippen molar-refractivity contribution < 1.29 is 23.9 Å². The van der Waals surface area contributed by atoms with E-state index in [0.717, 1.165) is 30.6 Å². The Bertz CT molecular complexity index is 1200. The fourth-order valence-electron chi connectivity index (χ4n) is 6.36. The van der Waals surface area contributed by atoms with Crippen molar-refractivity contribution in [3.63, 3.8) is 0 Å². The Morgan fingerprint density at radius 2 is 2.00 bits per heavy atom. The van der Waals surface area contributed by atoms with Gasteiger partial charge in [-0.2, -0.15) is 0 Å². The standard InChI is InChI=1S/C29H34Cl2N2O4/c1-4-13-33(3)14-12-28(22-6-5-7-24(17-22)37-20(2)34)18-23(10-11-29(28,36)19-33)32-27(35)16-21-8-9-25(30)26(31)15-21/h4-9,15,17,23,36H,1,10-14,16,18-19H2,2-3H3/p+1/t23-,28+,29?,33+/m1/s1. The topological polar surface area (TPSA) is 75.6 Å². The van der Waals surface area contributed by atoms with E-state index in [9.17, 15) is 14.7 Å². The minimum atomic E-state index is -0.983. The van der Waals surface area contributed by atoms with Gasteiger partial charge in [-0.15, -0.1) is 0 Å². The van der Waals surface area contributed by atoms with Gasteiger partial charge >= 0.3 is 5.97 Å². The summed E-state index contributed by atoms with van der Waals surface area (Å²) in [6, 6.07) is 12.6. The van der Waals surface area contributed by atoms with E-state index in [1.165, 1.54) is 6.92 Å². The Hall–Kier alpha value is -2.38. The molecule has 0 aromatic heterocycles. The first kappa shape index (κ1) is 27.6. The van der Waals surface area contributed by atoms with E-state index >= 15 is 0 Å². The molecule has 1 saturated heterocycles. The number of ether oxygens (including phenoxy) is 1. The summed E-state index contributed by atoms with van der Waals surface area (Å²) < 4.78 is 6.09. The van der Waals surface area contributed by atoms with Crippen molar-refractivity contribution in [1.82, 2.24) is 5.32 Å².